The number of hydrogen-bond donors (Lipinski definition) is 1. The smallest absolute Gasteiger partial charge is 0.207 e. The van der Waals surface area contributed by atoms with Crippen LogP contribution in [0.3, 0.4) is 0 Å². The standard InChI is InChI=1S/C10H11Br2NO2S/c1-10(4-5-10)13-16(14,15)9-6-7(11)2-3-8(9)12/h2-3,6,13H,4-5H2,1H3. The Balaban J connectivity index is 2.38. The topological polar surface area (TPSA) is 46.2 Å². The van der Waals surface area contributed by atoms with Crippen LogP contribution in [0.15, 0.2) is 32.0 Å². The van der Waals surface area contributed by atoms with Crippen LogP contribution in [0.4, 0.5) is 0 Å². The van der Waals surface area contributed by atoms with E-state index < -0.39 is 10.0 Å². The average Bonchev–Trinajstić information content (AvgIpc) is 2.86. The van der Waals surface area contributed by atoms with Gasteiger partial charge in [-0.25, -0.2) is 13.1 Å². The number of nitrogens with one attached hydrogen (secondary N) is 1. The second-order valence-electron chi connectivity index (χ2n) is 4.24. The normalized spacial score (nSPS) is 18.4. The molecule has 0 aromatic heterocycles. The summed E-state index contributed by atoms with van der Waals surface area (Å²) < 4.78 is 28.2. The van der Waals surface area contributed by atoms with E-state index in [2.05, 4.69) is 36.6 Å². The molecule has 0 saturated heterocycles. The van der Waals surface area contributed by atoms with E-state index in [1.807, 2.05) is 6.92 Å². The SMILES string of the molecule is CC1(NS(=O)(=O)c2cc(Br)ccc2Br)CC1. The van der Waals surface area contributed by atoms with E-state index in [4.69, 9.17) is 0 Å². The molecule has 0 bridgehead atoms. The van der Waals surface area contributed by atoms with Crippen molar-refractivity contribution in [2.75, 3.05) is 0 Å². The maximum atomic E-state index is 12.1. The molecular weight excluding hydrogens is 358 g/mol. The molecule has 3 nitrogen and oxygen atoms in total. The Morgan fingerprint density at radius 3 is 2.50 bits per heavy atom. The molecule has 0 unspecified atom stereocenters. The third kappa shape index (κ3) is 2.67. The van der Waals surface area contributed by atoms with Gasteiger partial charge in [0.05, 0.1) is 4.90 Å². The number of halogens is 2. The number of hydrogen-bond acceptors (Lipinski definition) is 2. The van der Waals surface area contributed by atoms with Crippen molar-refractivity contribution in [2.24, 2.45) is 0 Å². The predicted molar refractivity (Wildman–Crippen MR) is 69.8 cm³/mol. The van der Waals surface area contributed by atoms with Crippen LogP contribution in [0.25, 0.3) is 0 Å². The Hall–Kier alpha value is 0.0900. The van der Waals surface area contributed by atoms with Crippen LogP contribution in [0.2, 0.25) is 0 Å². The van der Waals surface area contributed by atoms with Crippen molar-refractivity contribution in [1.29, 1.82) is 0 Å². The Labute approximate surface area is 112 Å². The molecule has 0 aliphatic heterocycles. The van der Waals surface area contributed by atoms with Crippen molar-refractivity contribution in [3.05, 3.63) is 27.1 Å². The summed E-state index contributed by atoms with van der Waals surface area (Å²) in [5, 5.41) is 0. The van der Waals surface area contributed by atoms with Crippen molar-refractivity contribution in [3.63, 3.8) is 0 Å². The van der Waals surface area contributed by atoms with Crippen LogP contribution in [0.1, 0.15) is 19.8 Å². The van der Waals surface area contributed by atoms with Gasteiger partial charge in [0.25, 0.3) is 0 Å². The minimum absolute atomic E-state index is 0.249. The maximum Gasteiger partial charge on any atom is 0.242 e. The summed E-state index contributed by atoms with van der Waals surface area (Å²) in [6.07, 6.45) is 1.80. The summed E-state index contributed by atoms with van der Waals surface area (Å²) in [7, 11) is -3.44. The molecule has 0 heterocycles. The molecular formula is C10H11Br2NO2S. The van der Waals surface area contributed by atoms with Crippen LogP contribution in [0.5, 0.6) is 0 Å². The van der Waals surface area contributed by atoms with Gasteiger partial charge in [0.15, 0.2) is 0 Å². The van der Waals surface area contributed by atoms with Gasteiger partial charge in [-0.15, -0.1) is 0 Å². The number of benzene rings is 1. The molecule has 16 heavy (non-hydrogen) atoms. The van der Waals surface area contributed by atoms with Gasteiger partial charge in [-0.2, -0.15) is 0 Å². The molecule has 2 rings (SSSR count). The van der Waals surface area contributed by atoms with Gasteiger partial charge in [0.2, 0.25) is 10.0 Å². The summed E-state index contributed by atoms with van der Waals surface area (Å²) in [4.78, 5) is 0.273. The lowest BCUT2D eigenvalue weighted by Crippen LogP contribution is -2.34. The first kappa shape index (κ1) is 12.5. The van der Waals surface area contributed by atoms with Gasteiger partial charge in [-0.1, -0.05) is 15.9 Å². The number of rotatable bonds is 3. The van der Waals surface area contributed by atoms with Crippen molar-refractivity contribution < 1.29 is 8.42 Å². The summed E-state index contributed by atoms with van der Waals surface area (Å²) in [6.45, 7) is 1.91. The summed E-state index contributed by atoms with van der Waals surface area (Å²) in [6, 6.07) is 5.11. The Morgan fingerprint density at radius 1 is 1.31 bits per heavy atom. The molecule has 1 fully saturated rings. The zero-order valence-electron chi connectivity index (χ0n) is 8.63. The average molecular weight is 369 g/mol. The molecule has 1 aromatic rings. The van der Waals surface area contributed by atoms with Crippen LogP contribution >= 0.6 is 31.9 Å². The summed E-state index contributed by atoms with van der Waals surface area (Å²) in [5.74, 6) is 0. The largest absolute Gasteiger partial charge is 0.242 e. The molecule has 0 atom stereocenters. The van der Waals surface area contributed by atoms with Gasteiger partial charge >= 0.3 is 0 Å². The lowest BCUT2D eigenvalue weighted by atomic mass is 10.4. The molecule has 88 valence electrons. The van der Waals surface area contributed by atoms with E-state index in [1.54, 1.807) is 18.2 Å². The summed E-state index contributed by atoms with van der Waals surface area (Å²) >= 11 is 6.53. The molecule has 1 aliphatic carbocycles. The second-order valence-corrected chi connectivity index (χ2v) is 7.66. The predicted octanol–water partition coefficient (Wildman–Crippen LogP) is 3.04. The molecule has 0 amide bonds. The lowest BCUT2D eigenvalue weighted by molar-refractivity contribution is 0.557. The van der Waals surface area contributed by atoms with Crippen molar-refractivity contribution in [1.82, 2.24) is 4.72 Å². The maximum absolute atomic E-state index is 12.1. The van der Waals surface area contributed by atoms with E-state index in [0.717, 1.165) is 17.3 Å². The van der Waals surface area contributed by atoms with Crippen LogP contribution in [0, 0.1) is 0 Å². The lowest BCUT2D eigenvalue weighted by Gasteiger charge is -2.13. The van der Waals surface area contributed by atoms with E-state index >= 15 is 0 Å². The summed E-state index contributed by atoms with van der Waals surface area (Å²) in [5.41, 5.74) is -0.249. The van der Waals surface area contributed by atoms with Crippen LogP contribution < -0.4 is 4.72 Å². The van der Waals surface area contributed by atoms with E-state index in [9.17, 15) is 8.42 Å². The van der Waals surface area contributed by atoms with Crippen LogP contribution in [-0.4, -0.2) is 14.0 Å². The third-order valence-electron chi connectivity index (χ3n) is 2.56. The number of sulfonamides is 1. The Bertz CT molecular complexity index is 524. The molecule has 1 saturated carbocycles. The molecule has 6 heteroatoms. The quantitative estimate of drug-likeness (QED) is 0.891. The highest BCUT2D eigenvalue weighted by molar-refractivity contribution is 9.11. The fraction of sp³-hybridized carbons (Fsp3) is 0.400. The molecule has 0 radical (unpaired) electrons. The molecule has 1 aromatic carbocycles. The Morgan fingerprint density at radius 2 is 1.94 bits per heavy atom. The highest BCUT2D eigenvalue weighted by Crippen LogP contribution is 2.37. The van der Waals surface area contributed by atoms with Crippen LogP contribution in [-0.2, 0) is 10.0 Å². The fourth-order valence-electron chi connectivity index (χ4n) is 1.35. The fourth-order valence-corrected chi connectivity index (χ4v) is 4.32. The highest BCUT2D eigenvalue weighted by atomic mass is 79.9. The Kier molecular flexibility index (Phi) is 3.20. The second kappa shape index (κ2) is 4.08. The first-order chi connectivity index (χ1) is 7.32. The van der Waals surface area contributed by atoms with Crippen molar-refractivity contribution >= 4 is 41.9 Å². The monoisotopic (exact) mass is 367 g/mol. The third-order valence-corrected chi connectivity index (χ3v) is 5.69. The molecule has 1 N–H and O–H groups in total. The van der Waals surface area contributed by atoms with E-state index in [0.29, 0.717) is 4.47 Å². The van der Waals surface area contributed by atoms with Crippen molar-refractivity contribution in [3.8, 4) is 0 Å². The van der Waals surface area contributed by atoms with Crippen molar-refractivity contribution in [2.45, 2.75) is 30.2 Å². The van der Waals surface area contributed by atoms with E-state index in [-0.39, 0.29) is 10.4 Å². The van der Waals surface area contributed by atoms with Gasteiger partial charge in [0.1, 0.15) is 0 Å². The first-order valence-electron chi connectivity index (χ1n) is 4.81. The zero-order chi connectivity index (χ0) is 12.0. The highest BCUT2D eigenvalue weighted by Gasteiger charge is 2.41. The van der Waals surface area contributed by atoms with Gasteiger partial charge in [-0.3, -0.25) is 0 Å². The zero-order valence-corrected chi connectivity index (χ0v) is 12.6. The van der Waals surface area contributed by atoms with E-state index in [1.165, 1.54) is 0 Å². The minimum Gasteiger partial charge on any atom is -0.207 e. The van der Waals surface area contributed by atoms with Gasteiger partial charge in [0, 0.05) is 14.5 Å². The molecule has 1 aliphatic rings. The minimum atomic E-state index is -3.44. The molecule has 0 spiro atoms. The first-order valence-corrected chi connectivity index (χ1v) is 7.88. The van der Waals surface area contributed by atoms with Gasteiger partial charge in [-0.05, 0) is 53.9 Å². The van der Waals surface area contributed by atoms with Gasteiger partial charge < -0.3 is 0 Å².